The standard InChI is InChI=1S/C15H21N5/c1-10-4-3-5-11(2)13(10)14-17-15(19-18-14)20-8-6-12(16)7-9-20/h3-5,12H,6-9,16H2,1-2H3,(H,17,18,19). The maximum absolute atomic E-state index is 5.94. The summed E-state index contributed by atoms with van der Waals surface area (Å²) in [4.78, 5) is 6.87. The van der Waals surface area contributed by atoms with E-state index in [1.807, 2.05) is 0 Å². The Morgan fingerprint density at radius 1 is 1.20 bits per heavy atom. The van der Waals surface area contributed by atoms with E-state index in [0.29, 0.717) is 6.04 Å². The highest BCUT2D eigenvalue weighted by Crippen LogP contribution is 2.25. The smallest absolute Gasteiger partial charge is 0.245 e. The number of aromatic nitrogens is 3. The third-order valence-electron chi connectivity index (χ3n) is 4.01. The van der Waals surface area contributed by atoms with Gasteiger partial charge in [-0.3, -0.25) is 5.10 Å². The van der Waals surface area contributed by atoms with Gasteiger partial charge >= 0.3 is 0 Å². The highest BCUT2D eigenvalue weighted by Gasteiger charge is 2.20. The zero-order chi connectivity index (χ0) is 14.1. The molecule has 0 amide bonds. The molecule has 1 fully saturated rings. The summed E-state index contributed by atoms with van der Waals surface area (Å²) >= 11 is 0. The molecule has 1 saturated heterocycles. The SMILES string of the molecule is Cc1cccc(C)c1-c1nc(N2CCC(N)CC2)n[nH]1. The van der Waals surface area contributed by atoms with Crippen molar-refractivity contribution < 1.29 is 0 Å². The highest BCUT2D eigenvalue weighted by molar-refractivity contribution is 5.65. The van der Waals surface area contributed by atoms with Gasteiger partial charge in [0, 0.05) is 24.7 Å². The number of piperidine rings is 1. The van der Waals surface area contributed by atoms with Gasteiger partial charge in [0.15, 0.2) is 5.82 Å². The molecule has 1 aliphatic rings. The van der Waals surface area contributed by atoms with E-state index in [2.05, 4.69) is 52.1 Å². The van der Waals surface area contributed by atoms with Crippen LogP contribution in [0.25, 0.3) is 11.4 Å². The lowest BCUT2D eigenvalue weighted by molar-refractivity contribution is 0.496. The third-order valence-corrected chi connectivity index (χ3v) is 4.01. The van der Waals surface area contributed by atoms with Crippen molar-refractivity contribution >= 4 is 5.95 Å². The van der Waals surface area contributed by atoms with Crippen molar-refractivity contribution in [1.29, 1.82) is 0 Å². The van der Waals surface area contributed by atoms with Crippen molar-refractivity contribution in [1.82, 2.24) is 15.2 Å². The largest absolute Gasteiger partial charge is 0.339 e. The third kappa shape index (κ3) is 2.41. The molecule has 1 aromatic carbocycles. The van der Waals surface area contributed by atoms with Gasteiger partial charge in [-0.25, -0.2) is 0 Å². The molecule has 0 unspecified atom stereocenters. The van der Waals surface area contributed by atoms with E-state index >= 15 is 0 Å². The van der Waals surface area contributed by atoms with Gasteiger partial charge in [-0.1, -0.05) is 18.2 Å². The molecule has 1 aliphatic heterocycles. The fraction of sp³-hybridized carbons (Fsp3) is 0.467. The van der Waals surface area contributed by atoms with E-state index in [4.69, 9.17) is 5.73 Å². The molecule has 0 spiro atoms. The van der Waals surface area contributed by atoms with Crippen molar-refractivity contribution in [2.24, 2.45) is 5.73 Å². The number of nitrogens with two attached hydrogens (primary N) is 1. The first-order valence-corrected chi connectivity index (χ1v) is 7.14. The van der Waals surface area contributed by atoms with Crippen LogP contribution < -0.4 is 10.6 Å². The first-order valence-electron chi connectivity index (χ1n) is 7.14. The number of benzene rings is 1. The fourth-order valence-corrected chi connectivity index (χ4v) is 2.79. The number of aryl methyl sites for hydroxylation is 2. The van der Waals surface area contributed by atoms with Crippen LogP contribution in [0.5, 0.6) is 0 Å². The minimum Gasteiger partial charge on any atom is -0.339 e. The molecule has 5 nitrogen and oxygen atoms in total. The lowest BCUT2D eigenvalue weighted by atomic mass is 10.0. The van der Waals surface area contributed by atoms with Gasteiger partial charge < -0.3 is 10.6 Å². The maximum atomic E-state index is 5.94. The van der Waals surface area contributed by atoms with E-state index in [9.17, 15) is 0 Å². The molecule has 2 aromatic rings. The van der Waals surface area contributed by atoms with Crippen LogP contribution in [0.2, 0.25) is 0 Å². The number of nitrogens with zero attached hydrogens (tertiary/aromatic N) is 3. The lowest BCUT2D eigenvalue weighted by Crippen LogP contribution is -2.40. The van der Waals surface area contributed by atoms with Gasteiger partial charge in [0.25, 0.3) is 0 Å². The van der Waals surface area contributed by atoms with Crippen LogP contribution in [0.4, 0.5) is 5.95 Å². The Morgan fingerprint density at radius 2 is 1.85 bits per heavy atom. The maximum Gasteiger partial charge on any atom is 0.245 e. The Bertz CT molecular complexity index is 576. The summed E-state index contributed by atoms with van der Waals surface area (Å²) in [6, 6.07) is 6.59. The monoisotopic (exact) mass is 271 g/mol. The Hall–Kier alpha value is -1.88. The molecule has 3 N–H and O–H groups in total. The van der Waals surface area contributed by atoms with Gasteiger partial charge in [0.1, 0.15) is 0 Å². The van der Waals surface area contributed by atoms with Crippen molar-refractivity contribution in [2.45, 2.75) is 32.7 Å². The number of hydrogen-bond acceptors (Lipinski definition) is 4. The van der Waals surface area contributed by atoms with E-state index in [1.54, 1.807) is 0 Å². The molecule has 2 heterocycles. The second kappa shape index (κ2) is 5.25. The molecular weight excluding hydrogens is 250 g/mol. The summed E-state index contributed by atoms with van der Waals surface area (Å²) < 4.78 is 0. The molecule has 0 bridgehead atoms. The molecule has 1 aromatic heterocycles. The summed E-state index contributed by atoms with van der Waals surface area (Å²) in [6.07, 6.45) is 2.01. The number of aromatic amines is 1. The van der Waals surface area contributed by atoms with Crippen LogP contribution >= 0.6 is 0 Å². The summed E-state index contributed by atoms with van der Waals surface area (Å²) in [5.74, 6) is 1.64. The zero-order valence-electron chi connectivity index (χ0n) is 12.1. The van der Waals surface area contributed by atoms with Gasteiger partial charge in [-0.15, -0.1) is 5.10 Å². The van der Waals surface area contributed by atoms with Crippen LogP contribution in [0, 0.1) is 13.8 Å². The predicted octanol–water partition coefficient (Wildman–Crippen LogP) is 2.02. The molecule has 3 rings (SSSR count). The molecular formula is C15H21N5. The minimum atomic E-state index is 0.322. The molecule has 0 aliphatic carbocycles. The van der Waals surface area contributed by atoms with Crippen LogP contribution in [-0.2, 0) is 0 Å². The summed E-state index contributed by atoms with van der Waals surface area (Å²) in [6.45, 7) is 6.07. The van der Waals surface area contributed by atoms with Crippen LogP contribution in [-0.4, -0.2) is 34.3 Å². The lowest BCUT2D eigenvalue weighted by Gasteiger charge is -2.28. The molecule has 20 heavy (non-hydrogen) atoms. The van der Waals surface area contributed by atoms with Crippen LogP contribution in [0.15, 0.2) is 18.2 Å². The summed E-state index contributed by atoms with van der Waals surface area (Å²) in [7, 11) is 0. The summed E-state index contributed by atoms with van der Waals surface area (Å²) in [5, 5.41) is 7.45. The van der Waals surface area contributed by atoms with Gasteiger partial charge in [0.05, 0.1) is 0 Å². The Kier molecular flexibility index (Phi) is 3.44. The average molecular weight is 271 g/mol. The van der Waals surface area contributed by atoms with E-state index in [-0.39, 0.29) is 0 Å². The van der Waals surface area contributed by atoms with Gasteiger partial charge in [-0.05, 0) is 37.8 Å². The van der Waals surface area contributed by atoms with Crippen molar-refractivity contribution in [2.75, 3.05) is 18.0 Å². The first kappa shape index (κ1) is 13.1. The first-order chi connectivity index (χ1) is 9.65. The van der Waals surface area contributed by atoms with Crippen LogP contribution in [0.1, 0.15) is 24.0 Å². The second-order valence-corrected chi connectivity index (χ2v) is 5.58. The number of anilines is 1. The van der Waals surface area contributed by atoms with Crippen molar-refractivity contribution in [3.63, 3.8) is 0 Å². The predicted molar refractivity (Wildman–Crippen MR) is 80.7 cm³/mol. The quantitative estimate of drug-likeness (QED) is 0.876. The Morgan fingerprint density at radius 3 is 2.50 bits per heavy atom. The number of hydrogen-bond donors (Lipinski definition) is 2. The molecule has 0 radical (unpaired) electrons. The van der Waals surface area contributed by atoms with E-state index in [0.717, 1.165) is 43.3 Å². The highest BCUT2D eigenvalue weighted by atomic mass is 15.4. The molecule has 106 valence electrons. The Labute approximate surface area is 119 Å². The van der Waals surface area contributed by atoms with Gasteiger partial charge in [0.2, 0.25) is 5.95 Å². The normalized spacial score (nSPS) is 16.6. The average Bonchev–Trinajstić information content (AvgIpc) is 2.89. The zero-order valence-corrected chi connectivity index (χ0v) is 12.1. The van der Waals surface area contributed by atoms with Crippen molar-refractivity contribution in [3.05, 3.63) is 29.3 Å². The second-order valence-electron chi connectivity index (χ2n) is 5.58. The summed E-state index contributed by atoms with van der Waals surface area (Å²) in [5.41, 5.74) is 9.52. The number of nitrogens with one attached hydrogen (secondary N) is 1. The molecule has 5 heteroatoms. The number of H-pyrrole nitrogens is 1. The Balaban J connectivity index is 1.87. The number of rotatable bonds is 2. The topological polar surface area (TPSA) is 70.8 Å². The van der Waals surface area contributed by atoms with Gasteiger partial charge in [-0.2, -0.15) is 4.98 Å². The molecule has 0 atom stereocenters. The van der Waals surface area contributed by atoms with Crippen LogP contribution in [0.3, 0.4) is 0 Å². The molecule has 0 saturated carbocycles. The van der Waals surface area contributed by atoms with Crippen molar-refractivity contribution in [3.8, 4) is 11.4 Å². The fourth-order valence-electron chi connectivity index (χ4n) is 2.79. The van der Waals surface area contributed by atoms with E-state index in [1.165, 1.54) is 11.1 Å². The van der Waals surface area contributed by atoms with E-state index < -0.39 is 0 Å². The minimum absolute atomic E-state index is 0.322.